The Hall–Kier alpha value is -2.72. The van der Waals surface area contributed by atoms with E-state index in [0.29, 0.717) is 27.8 Å². The molecule has 0 spiro atoms. The number of benzene rings is 2. The minimum absolute atomic E-state index is 0.0527. The van der Waals surface area contributed by atoms with E-state index in [1.54, 1.807) is 30.3 Å². The van der Waals surface area contributed by atoms with Crippen LogP contribution in [0.25, 0.3) is 11.1 Å². The Morgan fingerprint density at radius 2 is 1.97 bits per heavy atom. The highest BCUT2D eigenvalue weighted by Gasteiger charge is 2.26. The van der Waals surface area contributed by atoms with Gasteiger partial charge >= 0.3 is 0 Å². The quantitative estimate of drug-likeness (QED) is 0.535. The number of hydrogen-bond acceptors (Lipinski definition) is 7. The molecule has 0 saturated carbocycles. The van der Waals surface area contributed by atoms with Crippen LogP contribution in [0.3, 0.4) is 0 Å². The van der Waals surface area contributed by atoms with Crippen molar-refractivity contribution in [1.82, 2.24) is 9.88 Å². The van der Waals surface area contributed by atoms with E-state index in [2.05, 4.69) is 9.71 Å². The topological polar surface area (TPSA) is 102 Å². The van der Waals surface area contributed by atoms with Crippen molar-refractivity contribution < 1.29 is 22.4 Å². The Balaban J connectivity index is 1.53. The first-order valence-electron chi connectivity index (χ1n) is 9.89. The van der Waals surface area contributed by atoms with Crippen LogP contribution in [0, 0.1) is 0 Å². The van der Waals surface area contributed by atoms with E-state index in [-0.39, 0.29) is 16.1 Å². The van der Waals surface area contributed by atoms with Gasteiger partial charge in [0.25, 0.3) is 15.2 Å². The summed E-state index contributed by atoms with van der Waals surface area (Å²) in [4.78, 5) is 18.8. The van der Waals surface area contributed by atoms with E-state index in [9.17, 15) is 13.2 Å². The maximum absolute atomic E-state index is 12.9. The molecule has 1 N–H and O–H groups in total. The first-order chi connectivity index (χ1) is 14.9. The van der Waals surface area contributed by atoms with E-state index in [4.69, 9.17) is 9.15 Å². The van der Waals surface area contributed by atoms with Gasteiger partial charge in [0.1, 0.15) is 11.3 Å². The fourth-order valence-corrected chi connectivity index (χ4v) is 5.36. The van der Waals surface area contributed by atoms with Crippen molar-refractivity contribution >= 4 is 44.5 Å². The lowest BCUT2D eigenvalue weighted by atomic mass is 10.3. The van der Waals surface area contributed by atoms with Crippen LogP contribution in [0.15, 0.2) is 57.0 Å². The van der Waals surface area contributed by atoms with Gasteiger partial charge in [-0.2, -0.15) is 0 Å². The molecule has 164 valence electrons. The number of aromatic nitrogens is 1. The average Bonchev–Trinajstić information content (AvgIpc) is 3.42. The van der Waals surface area contributed by atoms with Crippen LogP contribution in [0.1, 0.15) is 19.8 Å². The number of thioether (sulfide) groups is 1. The van der Waals surface area contributed by atoms with Crippen LogP contribution < -0.4 is 9.46 Å². The number of fused-ring (bicyclic) bond motifs is 1. The van der Waals surface area contributed by atoms with Crippen LogP contribution in [-0.4, -0.2) is 49.7 Å². The molecule has 0 bridgehead atoms. The number of nitrogens with one attached hydrogen (secondary N) is 1. The standard InChI is InChI=1S/C21H23N3O5S2/c1-14(20(25)24-11-5-6-12-24)30-21-22-17-13-15(9-10-19(17)29-21)31(26,27)23-16-7-3-4-8-18(16)28-2/h3-4,7-10,13-14,23H,5-6,11-12H2,1-2H3. The number of hydrogen-bond donors (Lipinski definition) is 1. The van der Waals surface area contributed by atoms with Crippen LogP contribution in [0.4, 0.5) is 5.69 Å². The molecule has 31 heavy (non-hydrogen) atoms. The Morgan fingerprint density at radius 3 is 2.71 bits per heavy atom. The minimum atomic E-state index is -3.85. The summed E-state index contributed by atoms with van der Waals surface area (Å²) in [5, 5.41) is 0.00357. The van der Waals surface area contributed by atoms with Crippen molar-refractivity contribution in [3.8, 4) is 5.75 Å². The largest absolute Gasteiger partial charge is 0.495 e. The molecule has 0 aliphatic carbocycles. The van der Waals surface area contributed by atoms with Crippen molar-refractivity contribution in [2.75, 3.05) is 24.9 Å². The van der Waals surface area contributed by atoms with Gasteiger partial charge in [0.15, 0.2) is 5.58 Å². The van der Waals surface area contributed by atoms with Gasteiger partial charge in [-0.25, -0.2) is 13.4 Å². The van der Waals surface area contributed by atoms with E-state index in [1.165, 1.54) is 31.0 Å². The van der Waals surface area contributed by atoms with Crippen LogP contribution in [0.5, 0.6) is 5.75 Å². The highest BCUT2D eigenvalue weighted by atomic mass is 32.2. The van der Waals surface area contributed by atoms with Crippen molar-refractivity contribution in [3.63, 3.8) is 0 Å². The first-order valence-corrected chi connectivity index (χ1v) is 12.3. The van der Waals surface area contributed by atoms with Crippen molar-refractivity contribution in [1.29, 1.82) is 0 Å². The zero-order chi connectivity index (χ0) is 22.0. The summed E-state index contributed by atoms with van der Waals surface area (Å²) >= 11 is 1.23. The zero-order valence-corrected chi connectivity index (χ0v) is 18.8. The summed E-state index contributed by atoms with van der Waals surface area (Å²) < 4.78 is 39.2. The van der Waals surface area contributed by atoms with Crippen molar-refractivity contribution in [2.24, 2.45) is 0 Å². The molecule has 3 aromatic rings. The fraction of sp³-hybridized carbons (Fsp3) is 0.333. The summed E-state index contributed by atoms with van der Waals surface area (Å²) in [7, 11) is -2.38. The summed E-state index contributed by atoms with van der Waals surface area (Å²) in [5.41, 5.74) is 1.21. The normalized spacial score (nSPS) is 15.2. The number of carbonyl (C=O) groups excluding carboxylic acids is 1. The van der Waals surface area contributed by atoms with Crippen LogP contribution >= 0.6 is 11.8 Å². The second kappa shape index (κ2) is 8.80. The van der Waals surface area contributed by atoms with Gasteiger partial charge in [-0.15, -0.1) is 0 Å². The maximum atomic E-state index is 12.9. The smallest absolute Gasteiger partial charge is 0.262 e. The number of ether oxygens (including phenoxy) is 1. The Bertz CT molecular complexity index is 1200. The van der Waals surface area contributed by atoms with Gasteiger partial charge < -0.3 is 14.1 Å². The molecule has 1 amide bonds. The number of amides is 1. The SMILES string of the molecule is COc1ccccc1NS(=O)(=O)c1ccc2oc(SC(C)C(=O)N3CCCC3)nc2c1. The van der Waals surface area contributed by atoms with Crippen molar-refractivity contribution in [3.05, 3.63) is 42.5 Å². The molecule has 0 radical (unpaired) electrons. The summed E-state index contributed by atoms with van der Waals surface area (Å²) in [5.74, 6) is 0.484. The van der Waals surface area contributed by atoms with Gasteiger partial charge in [-0.3, -0.25) is 9.52 Å². The monoisotopic (exact) mass is 461 g/mol. The maximum Gasteiger partial charge on any atom is 0.262 e. The molecular weight excluding hydrogens is 438 g/mol. The lowest BCUT2D eigenvalue weighted by Gasteiger charge is -2.18. The predicted molar refractivity (Wildman–Crippen MR) is 119 cm³/mol. The molecular formula is C21H23N3O5S2. The number of methoxy groups -OCH3 is 1. The first kappa shape index (κ1) is 21.5. The van der Waals surface area contributed by atoms with Crippen molar-refractivity contribution in [2.45, 2.75) is 35.1 Å². The molecule has 4 rings (SSSR count). The van der Waals surface area contributed by atoms with Gasteiger partial charge in [-0.05, 0) is 50.1 Å². The lowest BCUT2D eigenvalue weighted by molar-refractivity contribution is -0.129. The minimum Gasteiger partial charge on any atom is -0.495 e. The molecule has 1 atom stereocenters. The van der Waals surface area contributed by atoms with E-state index >= 15 is 0 Å². The molecule has 1 aliphatic rings. The highest BCUT2D eigenvalue weighted by molar-refractivity contribution is 8.00. The molecule has 1 aromatic heterocycles. The van der Waals surface area contributed by atoms with Crippen LogP contribution in [-0.2, 0) is 14.8 Å². The predicted octanol–water partition coefficient (Wildman–Crippen LogP) is 3.74. The van der Waals surface area contributed by atoms with E-state index < -0.39 is 10.0 Å². The lowest BCUT2D eigenvalue weighted by Crippen LogP contribution is -2.34. The number of likely N-dealkylation sites (tertiary alicyclic amines) is 1. The average molecular weight is 462 g/mol. The van der Waals surface area contributed by atoms with Gasteiger partial charge in [0.05, 0.1) is 22.9 Å². The highest BCUT2D eigenvalue weighted by Crippen LogP contribution is 2.31. The summed E-state index contributed by atoms with van der Waals surface area (Å²) in [6.07, 6.45) is 2.07. The van der Waals surface area contributed by atoms with Gasteiger partial charge in [0, 0.05) is 13.1 Å². The summed E-state index contributed by atoms with van der Waals surface area (Å²) in [6.45, 7) is 3.41. The van der Waals surface area contributed by atoms with Gasteiger partial charge in [0.2, 0.25) is 5.91 Å². The Morgan fingerprint density at radius 1 is 1.23 bits per heavy atom. The number of nitrogens with zero attached hydrogens (tertiary/aromatic N) is 2. The molecule has 8 nitrogen and oxygen atoms in total. The zero-order valence-electron chi connectivity index (χ0n) is 17.2. The number of para-hydroxylation sites is 2. The third-order valence-corrected chi connectivity index (χ3v) is 7.34. The Kier molecular flexibility index (Phi) is 6.10. The molecule has 1 aliphatic heterocycles. The molecule has 1 unspecified atom stereocenters. The Labute approximate surface area is 185 Å². The molecule has 10 heteroatoms. The number of sulfonamides is 1. The van der Waals surface area contributed by atoms with Gasteiger partial charge in [-0.1, -0.05) is 23.9 Å². The second-order valence-electron chi connectivity index (χ2n) is 7.21. The number of carbonyl (C=O) groups is 1. The number of anilines is 1. The third-order valence-electron chi connectivity index (χ3n) is 5.04. The molecule has 1 saturated heterocycles. The summed E-state index contributed by atoms with van der Waals surface area (Å²) in [6, 6.07) is 11.2. The number of oxazole rings is 1. The number of rotatable bonds is 7. The molecule has 1 fully saturated rings. The van der Waals surface area contributed by atoms with Crippen LogP contribution in [0.2, 0.25) is 0 Å². The van der Waals surface area contributed by atoms with E-state index in [0.717, 1.165) is 25.9 Å². The molecule has 2 aromatic carbocycles. The fourth-order valence-electron chi connectivity index (χ4n) is 3.43. The molecule has 2 heterocycles. The third kappa shape index (κ3) is 4.64. The second-order valence-corrected chi connectivity index (χ2v) is 10.2. The van der Waals surface area contributed by atoms with E-state index in [1.807, 2.05) is 11.8 Å².